The second-order valence-corrected chi connectivity index (χ2v) is 11.1. The zero-order chi connectivity index (χ0) is 27.2. The number of pyridine rings is 1. The summed E-state index contributed by atoms with van der Waals surface area (Å²) >= 11 is 3.11. The first-order valence-corrected chi connectivity index (χ1v) is 14.4. The number of rotatable bonds is 10. The lowest BCUT2D eigenvalue weighted by Gasteiger charge is -2.49. The van der Waals surface area contributed by atoms with Gasteiger partial charge >= 0.3 is 5.97 Å². The van der Waals surface area contributed by atoms with Gasteiger partial charge in [-0.3, -0.25) is 19.5 Å². The fraction of sp³-hybridized carbons (Fsp3) is 0.241. The topological polar surface area (TPSA) is 97.8 Å². The van der Waals surface area contributed by atoms with Crippen LogP contribution in [0.1, 0.15) is 11.1 Å². The lowest BCUT2D eigenvalue weighted by Crippen LogP contribution is -2.70. The molecule has 2 atom stereocenters. The van der Waals surface area contributed by atoms with Crippen LogP contribution in [-0.4, -0.2) is 57.7 Å². The number of methoxy groups -OCH3 is 1. The van der Waals surface area contributed by atoms with Crippen LogP contribution in [0.25, 0.3) is 0 Å². The predicted octanol–water partition coefficient (Wildman–Crippen LogP) is 3.82. The molecule has 0 bridgehead atoms. The van der Waals surface area contributed by atoms with Crippen molar-refractivity contribution in [2.75, 3.05) is 18.6 Å². The maximum absolute atomic E-state index is 13.4. The van der Waals surface area contributed by atoms with Gasteiger partial charge in [0.2, 0.25) is 5.91 Å². The van der Waals surface area contributed by atoms with Crippen molar-refractivity contribution in [2.45, 2.75) is 29.3 Å². The molecule has 8 nitrogen and oxygen atoms in total. The molecule has 1 N–H and O–H groups in total. The van der Waals surface area contributed by atoms with Crippen LogP contribution in [-0.2, 0) is 32.1 Å². The third-order valence-electron chi connectivity index (χ3n) is 6.36. The minimum Gasteiger partial charge on any atom is -0.497 e. The maximum Gasteiger partial charge on any atom is 0.355 e. The number of aromatic nitrogens is 1. The van der Waals surface area contributed by atoms with Gasteiger partial charge in [-0.25, -0.2) is 4.79 Å². The van der Waals surface area contributed by atoms with Gasteiger partial charge in [0.05, 0.1) is 13.5 Å². The van der Waals surface area contributed by atoms with Gasteiger partial charge in [0.15, 0.2) is 0 Å². The number of nitrogens with one attached hydrogen (secondary N) is 1. The fourth-order valence-corrected chi connectivity index (χ4v) is 6.70. The average molecular weight is 562 g/mol. The van der Waals surface area contributed by atoms with E-state index in [1.807, 2.05) is 54.6 Å². The number of carbonyl (C=O) groups excluding carboxylic acids is 3. The Bertz CT molecular complexity index is 1370. The van der Waals surface area contributed by atoms with E-state index in [1.54, 1.807) is 55.2 Å². The fourth-order valence-electron chi connectivity index (χ4n) is 4.33. The summed E-state index contributed by atoms with van der Waals surface area (Å²) in [5.74, 6) is 0.685. The van der Waals surface area contributed by atoms with Gasteiger partial charge in [0.1, 0.15) is 29.5 Å². The summed E-state index contributed by atoms with van der Waals surface area (Å²) in [5, 5.41) is 2.50. The number of hydrogen-bond acceptors (Lipinski definition) is 8. The largest absolute Gasteiger partial charge is 0.497 e. The predicted molar refractivity (Wildman–Crippen MR) is 150 cm³/mol. The lowest BCUT2D eigenvalue weighted by molar-refractivity contribution is -0.153. The summed E-state index contributed by atoms with van der Waals surface area (Å²) in [7, 11) is 1.59. The molecule has 2 amide bonds. The van der Waals surface area contributed by atoms with Crippen molar-refractivity contribution in [1.29, 1.82) is 0 Å². The maximum atomic E-state index is 13.4. The Morgan fingerprint density at radius 1 is 1.05 bits per heavy atom. The molecule has 3 heterocycles. The summed E-state index contributed by atoms with van der Waals surface area (Å²) in [4.78, 5) is 45.9. The highest BCUT2D eigenvalue weighted by Gasteiger charge is 2.54. The quantitative estimate of drug-likeness (QED) is 0.227. The number of amides is 2. The third kappa shape index (κ3) is 6.29. The van der Waals surface area contributed by atoms with Crippen LogP contribution >= 0.6 is 23.5 Å². The monoisotopic (exact) mass is 561 g/mol. The SMILES string of the molecule is COc1ccc(COC(=O)C2=C(CSc3ccncc3)CS[C@@H]3[C@H](NC(=O)Cc4ccccc4)C(=O)N23)cc1. The summed E-state index contributed by atoms with van der Waals surface area (Å²) in [6.45, 7) is 0.0637. The highest BCUT2D eigenvalue weighted by molar-refractivity contribution is 8.01. The summed E-state index contributed by atoms with van der Waals surface area (Å²) in [5.41, 5.74) is 2.76. The number of fused-ring (bicyclic) bond motifs is 1. The van der Waals surface area contributed by atoms with Gasteiger partial charge < -0.3 is 14.8 Å². The molecule has 0 unspecified atom stereocenters. The molecule has 10 heteroatoms. The summed E-state index contributed by atoms with van der Waals surface area (Å²) in [6, 6.07) is 19.7. The van der Waals surface area contributed by atoms with E-state index in [2.05, 4.69) is 10.3 Å². The van der Waals surface area contributed by atoms with Crippen molar-refractivity contribution >= 4 is 41.3 Å². The molecule has 1 fully saturated rings. The van der Waals surface area contributed by atoms with E-state index < -0.39 is 12.0 Å². The number of β-lactam (4-membered cyclic amide) rings is 1. The Morgan fingerprint density at radius 3 is 2.51 bits per heavy atom. The van der Waals surface area contributed by atoms with Crippen LogP contribution in [0.15, 0.2) is 95.3 Å². The number of thioether (sulfide) groups is 2. The van der Waals surface area contributed by atoms with Gasteiger partial charge in [-0.1, -0.05) is 42.5 Å². The summed E-state index contributed by atoms with van der Waals surface area (Å²) in [6.07, 6.45) is 3.62. The highest BCUT2D eigenvalue weighted by Crippen LogP contribution is 2.42. The van der Waals surface area contributed by atoms with E-state index in [9.17, 15) is 14.4 Å². The number of esters is 1. The first-order valence-electron chi connectivity index (χ1n) is 12.4. The van der Waals surface area contributed by atoms with E-state index in [0.29, 0.717) is 17.3 Å². The Balaban J connectivity index is 1.30. The van der Waals surface area contributed by atoms with Gasteiger partial charge in [-0.15, -0.1) is 23.5 Å². The number of nitrogens with zero attached hydrogens (tertiary/aromatic N) is 2. The average Bonchev–Trinajstić information content (AvgIpc) is 2.98. The van der Waals surface area contributed by atoms with E-state index in [0.717, 1.165) is 21.6 Å². The molecule has 2 aliphatic rings. The molecule has 5 rings (SSSR count). The molecule has 0 aliphatic carbocycles. The molecule has 0 spiro atoms. The van der Waals surface area contributed by atoms with Crippen LogP contribution in [0.2, 0.25) is 0 Å². The van der Waals surface area contributed by atoms with Crippen molar-refractivity contribution in [2.24, 2.45) is 0 Å². The normalized spacial score (nSPS) is 18.2. The zero-order valence-electron chi connectivity index (χ0n) is 21.2. The minimum atomic E-state index is -0.690. The number of ether oxygens (including phenoxy) is 2. The molecule has 2 aromatic carbocycles. The van der Waals surface area contributed by atoms with E-state index >= 15 is 0 Å². The molecule has 3 aromatic rings. The van der Waals surface area contributed by atoms with Crippen LogP contribution in [0, 0.1) is 0 Å². The highest BCUT2D eigenvalue weighted by atomic mass is 32.2. The Labute approximate surface area is 235 Å². The second-order valence-electron chi connectivity index (χ2n) is 8.97. The molecule has 2 aliphatic heterocycles. The standard InChI is InChI=1S/C29H27N3O5S2/c1-36-22-9-7-20(8-10-22)16-37-29(35)26-21(17-38-23-11-13-30-14-12-23)18-39-28-25(27(34)32(26)28)31-24(33)15-19-5-3-2-4-6-19/h2-14,25,28H,15-18H2,1H3,(H,31,33)/t25-,28-/m1/s1. The number of carbonyl (C=O) groups is 3. The van der Waals surface area contributed by atoms with Crippen molar-refractivity contribution in [3.63, 3.8) is 0 Å². The summed E-state index contributed by atoms with van der Waals surface area (Å²) < 4.78 is 10.9. The second kappa shape index (κ2) is 12.4. The van der Waals surface area contributed by atoms with Crippen molar-refractivity contribution in [3.8, 4) is 5.75 Å². The Kier molecular flexibility index (Phi) is 8.53. The number of hydrogen-bond donors (Lipinski definition) is 1. The van der Waals surface area contributed by atoms with Crippen molar-refractivity contribution in [3.05, 3.63) is 102 Å². The van der Waals surface area contributed by atoms with Crippen LogP contribution in [0.5, 0.6) is 5.75 Å². The van der Waals surface area contributed by atoms with Gasteiger partial charge in [0, 0.05) is 28.8 Å². The first kappa shape index (κ1) is 26.8. The smallest absolute Gasteiger partial charge is 0.355 e. The lowest BCUT2D eigenvalue weighted by atomic mass is 10.0. The molecular weight excluding hydrogens is 534 g/mol. The van der Waals surface area contributed by atoms with Crippen LogP contribution in [0.4, 0.5) is 0 Å². The van der Waals surface area contributed by atoms with E-state index in [1.165, 1.54) is 4.90 Å². The minimum absolute atomic E-state index is 0.0637. The van der Waals surface area contributed by atoms with E-state index in [4.69, 9.17) is 9.47 Å². The molecule has 1 aromatic heterocycles. The van der Waals surface area contributed by atoms with Crippen molar-refractivity contribution in [1.82, 2.24) is 15.2 Å². The first-order chi connectivity index (χ1) is 19.0. The zero-order valence-corrected chi connectivity index (χ0v) is 22.9. The van der Waals surface area contributed by atoms with Gasteiger partial charge in [0.25, 0.3) is 5.91 Å². The molecule has 0 saturated carbocycles. The van der Waals surface area contributed by atoms with Crippen LogP contribution < -0.4 is 10.1 Å². The number of benzene rings is 2. The molecule has 0 radical (unpaired) electrons. The van der Waals surface area contributed by atoms with Crippen LogP contribution in [0.3, 0.4) is 0 Å². The van der Waals surface area contributed by atoms with Gasteiger partial charge in [-0.2, -0.15) is 0 Å². The van der Waals surface area contributed by atoms with Crippen molar-refractivity contribution < 1.29 is 23.9 Å². The molecule has 39 heavy (non-hydrogen) atoms. The van der Waals surface area contributed by atoms with E-state index in [-0.39, 0.29) is 35.9 Å². The molecule has 200 valence electrons. The molecule has 1 saturated heterocycles. The third-order valence-corrected chi connectivity index (χ3v) is 8.79. The Hall–Kier alpha value is -3.76. The van der Waals surface area contributed by atoms with Gasteiger partial charge in [-0.05, 0) is 41.0 Å². The molecular formula is C29H27N3O5S2. The Morgan fingerprint density at radius 2 is 1.79 bits per heavy atom.